The van der Waals surface area contributed by atoms with Gasteiger partial charge in [-0.2, -0.15) is 0 Å². The van der Waals surface area contributed by atoms with E-state index in [2.05, 4.69) is 0 Å². The van der Waals surface area contributed by atoms with Gasteiger partial charge in [0.1, 0.15) is 5.76 Å². The van der Waals surface area contributed by atoms with Crippen molar-refractivity contribution >= 4 is 34.9 Å². The molecule has 0 saturated heterocycles. The number of amides is 1. The second-order valence-corrected chi connectivity index (χ2v) is 7.36. The van der Waals surface area contributed by atoms with Crippen LogP contribution in [-0.2, 0) is 17.9 Å². The predicted molar refractivity (Wildman–Crippen MR) is 104 cm³/mol. The highest BCUT2D eigenvalue weighted by atomic mass is 35.5. The molecular weight excluding hydrogens is 386 g/mol. The van der Waals surface area contributed by atoms with Gasteiger partial charge in [0.2, 0.25) is 12.7 Å². The number of ether oxygens (including phenoxy) is 2. The third kappa shape index (κ3) is 4.18. The first kappa shape index (κ1) is 17.7. The van der Waals surface area contributed by atoms with E-state index in [0.29, 0.717) is 29.6 Å². The second kappa shape index (κ2) is 7.90. The topological polar surface area (TPSA) is 51.9 Å². The summed E-state index contributed by atoms with van der Waals surface area (Å²) in [5, 5.41) is 2.46. The Kier molecular flexibility index (Phi) is 5.18. The molecular formula is C20H16ClNO4S. The lowest BCUT2D eigenvalue weighted by Gasteiger charge is -2.19. The molecule has 27 heavy (non-hydrogen) atoms. The van der Waals surface area contributed by atoms with Crippen molar-refractivity contribution in [3.05, 3.63) is 75.3 Å². The Morgan fingerprint density at radius 1 is 1.22 bits per heavy atom. The first-order valence-corrected chi connectivity index (χ1v) is 9.56. The number of hydrogen-bond acceptors (Lipinski definition) is 5. The zero-order valence-corrected chi connectivity index (χ0v) is 15.8. The normalized spacial score (nSPS) is 12.6. The van der Waals surface area contributed by atoms with Crippen LogP contribution < -0.4 is 9.47 Å². The van der Waals surface area contributed by atoms with Crippen LogP contribution in [0.2, 0.25) is 5.02 Å². The van der Waals surface area contributed by atoms with E-state index in [-0.39, 0.29) is 12.7 Å². The fourth-order valence-corrected chi connectivity index (χ4v) is 3.74. The summed E-state index contributed by atoms with van der Waals surface area (Å²) >= 11 is 7.81. The Hall–Kier alpha value is -2.70. The molecule has 3 aromatic rings. The highest BCUT2D eigenvalue weighted by Crippen LogP contribution is 2.40. The van der Waals surface area contributed by atoms with Gasteiger partial charge in [-0.25, -0.2) is 0 Å². The van der Waals surface area contributed by atoms with E-state index in [4.69, 9.17) is 25.5 Å². The molecule has 1 aliphatic heterocycles. The summed E-state index contributed by atoms with van der Waals surface area (Å²) in [5.41, 5.74) is 0.770. The average Bonchev–Trinajstić information content (AvgIpc) is 3.41. The van der Waals surface area contributed by atoms with Gasteiger partial charge in [0.15, 0.2) is 11.5 Å². The number of halogens is 1. The third-order valence-electron chi connectivity index (χ3n) is 4.03. The SMILES string of the molecule is O=C(C=Cc1cc(Cl)c2c(c1)OCO2)N(Cc1ccco1)Cc1cccs1. The van der Waals surface area contributed by atoms with Crippen LogP contribution in [0.25, 0.3) is 6.08 Å². The lowest BCUT2D eigenvalue weighted by molar-refractivity contribution is -0.127. The Morgan fingerprint density at radius 2 is 2.15 bits per heavy atom. The summed E-state index contributed by atoms with van der Waals surface area (Å²) in [6, 6.07) is 11.2. The van der Waals surface area contributed by atoms with E-state index in [0.717, 1.165) is 16.2 Å². The Balaban J connectivity index is 1.52. The Bertz CT molecular complexity index is 915. The molecule has 5 nitrogen and oxygen atoms in total. The van der Waals surface area contributed by atoms with Crippen LogP contribution in [0.5, 0.6) is 11.5 Å². The lowest BCUT2D eigenvalue weighted by Crippen LogP contribution is -2.27. The van der Waals surface area contributed by atoms with Gasteiger partial charge >= 0.3 is 0 Å². The molecule has 0 fully saturated rings. The molecule has 1 amide bonds. The van der Waals surface area contributed by atoms with Crippen molar-refractivity contribution in [1.82, 2.24) is 4.90 Å². The van der Waals surface area contributed by atoms with E-state index < -0.39 is 0 Å². The van der Waals surface area contributed by atoms with Gasteiger partial charge in [-0.1, -0.05) is 17.7 Å². The standard InChI is InChI=1S/C20H16ClNO4S/c21-17-9-14(10-18-20(17)26-13-25-18)5-6-19(23)22(11-15-3-1-7-24-15)12-16-4-2-8-27-16/h1-10H,11-13H2. The number of benzene rings is 1. The number of hydrogen-bond donors (Lipinski definition) is 0. The van der Waals surface area contributed by atoms with Crippen LogP contribution in [0.1, 0.15) is 16.2 Å². The fraction of sp³-hybridized carbons (Fsp3) is 0.150. The van der Waals surface area contributed by atoms with Crippen LogP contribution in [0, 0.1) is 0 Å². The van der Waals surface area contributed by atoms with Gasteiger partial charge in [-0.3, -0.25) is 4.79 Å². The molecule has 0 unspecified atom stereocenters. The molecule has 0 radical (unpaired) electrons. The number of fused-ring (bicyclic) bond motifs is 1. The van der Waals surface area contributed by atoms with Crippen molar-refractivity contribution in [3.63, 3.8) is 0 Å². The number of furan rings is 1. The molecule has 3 heterocycles. The van der Waals surface area contributed by atoms with E-state index in [1.807, 2.05) is 29.6 Å². The number of thiophene rings is 1. The largest absolute Gasteiger partial charge is 0.467 e. The molecule has 4 rings (SSSR count). The molecule has 1 aliphatic rings. The van der Waals surface area contributed by atoms with Crippen molar-refractivity contribution < 1.29 is 18.7 Å². The van der Waals surface area contributed by atoms with E-state index in [1.165, 1.54) is 6.08 Å². The zero-order chi connectivity index (χ0) is 18.6. The minimum Gasteiger partial charge on any atom is -0.467 e. The van der Waals surface area contributed by atoms with Crippen molar-refractivity contribution in [2.45, 2.75) is 13.1 Å². The minimum absolute atomic E-state index is 0.117. The van der Waals surface area contributed by atoms with Crippen LogP contribution in [0.3, 0.4) is 0 Å². The highest BCUT2D eigenvalue weighted by molar-refractivity contribution is 7.09. The van der Waals surface area contributed by atoms with E-state index in [9.17, 15) is 4.79 Å². The Morgan fingerprint density at radius 3 is 2.93 bits per heavy atom. The van der Waals surface area contributed by atoms with Crippen molar-refractivity contribution in [3.8, 4) is 11.5 Å². The summed E-state index contributed by atoms with van der Waals surface area (Å²) < 4.78 is 16.1. The van der Waals surface area contributed by atoms with Crippen LogP contribution >= 0.6 is 22.9 Å². The molecule has 0 bridgehead atoms. The highest BCUT2D eigenvalue weighted by Gasteiger charge is 2.18. The second-order valence-electron chi connectivity index (χ2n) is 5.92. The maximum Gasteiger partial charge on any atom is 0.247 e. The Labute approximate surface area is 165 Å². The number of nitrogens with zero attached hydrogens (tertiary/aromatic N) is 1. The quantitative estimate of drug-likeness (QED) is 0.547. The van der Waals surface area contributed by atoms with Crippen molar-refractivity contribution in [1.29, 1.82) is 0 Å². The molecule has 0 saturated carbocycles. The average molecular weight is 402 g/mol. The molecule has 0 spiro atoms. The molecule has 138 valence electrons. The first-order chi connectivity index (χ1) is 13.2. The van der Waals surface area contributed by atoms with Gasteiger partial charge in [-0.05, 0) is 47.4 Å². The molecule has 0 atom stereocenters. The maximum absolute atomic E-state index is 12.8. The molecule has 0 aliphatic carbocycles. The number of rotatable bonds is 6. The predicted octanol–water partition coefficient (Wildman–Crippen LogP) is 4.97. The summed E-state index contributed by atoms with van der Waals surface area (Å²) in [7, 11) is 0. The summed E-state index contributed by atoms with van der Waals surface area (Å²) in [5.74, 6) is 1.74. The van der Waals surface area contributed by atoms with Crippen LogP contribution in [-0.4, -0.2) is 17.6 Å². The third-order valence-corrected chi connectivity index (χ3v) is 5.18. The van der Waals surface area contributed by atoms with Gasteiger partial charge in [0.05, 0.1) is 24.4 Å². The first-order valence-electron chi connectivity index (χ1n) is 8.30. The number of carbonyl (C=O) groups is 1. The fourth-order valence-electron chi connectivity index (χ4n) is 2.75. The summed E-state index contributed by atoms with van der Waals surface area (Å²) in [6.07, 6.45) is 4.86. The minimum atomic E-state index is -0.117. The summed E-state index contributed by atoms with van der Waals surface area (Å²) in [4.78, 5) is 15.6. The molecule has 1 aromatic carbocycles. The maximum atomic E-state index is 12.8. The lowest BCUT2D eigenvalue weighted by atomic mass is 10.2. The monoisotopic (exact) mass is 401 g/mol. The van der Waals surface area contributed by atoms with E-state index in [1.54, 1.807) is 40.7 Å². The van der Waals surface area contributed by atoms with Crippen molar-refractivity contribution in [2.24, 2.45) is 0 Å². The molecule has 0 N–H and O–H groups in total. The molecule has 7 heteroatoms. The number of carbonyl (C=O) groups excluding carboxylic acids is 1. The van der Waals surface area contributed by atoms with Gasteiger partial charge < -0.3 is 18.8 Å². The van der Waals surface area contributed by atoms with Crippen LogP contribution in [0.15, 0.2) is 58.5 Å². The van der Waals surface area contributed by atoms with Crippen molar-refractivity contribution in [2.75, 3.05) is 6.79 Å². The summed E-state index contributed by atoms with van der Waals surface area (Å²) in [6.45, 7) is 1.07. The van der Waals surface area contributed by atoms with Gasteiger partial charge in [0, 0.05) is 11.0 Å². The van der Waals surface area contributed by atoms with Gasteiger partial charge in [-0.15, -0.1) is 11.3 Å². The van der Waals surface area contributed by atoms with Gasteiger partial charge in [0.25, 0.3) is 0 Å². The molecule has 2 aromatic heterocycles. The zero-order valence-electron chi connectivity index (χ0n) is 14.3. The van der Waals surface area contributed by atoms with Crippen LogP contribution in [0.4, 0.5) is 0 Å². The smallest absolute Gasteiger partial charge is 0.247 e. The van der Waals surface area contributed by atoms with E-state index >= 15 is 0 Å².